The van der Waals surface area contributed by atoms with Gasteiger partial charge in [-0.15, -0.1) is 0 Å². The van der Waals surface area contributed by atoms with Crippen molar-refractivity contribution in [1.29, 1.82) is 0 Å². The predicted octanol–water partition coefficient (Wildman–Crippen LogP) is 9.44. The highest BCUT2D eigenvalue weighted by Gasteiger charge is 2.55. The minimum absolute atomic E-state index is 0.141. The molecule has 0 amide bonds. The quantitative estimate of drug-likeness (QED) is 0.215. The first-order chi connectivity index (χ1) is 19.3. The zero-order valence-corrected chi connectivity index (χ0v) is 23.6. The van der Waals surface area contributed by atoms with Crippen molar-refractivity contribution in [3.8, 4) is 11.1 Å². The molecule has 0 saturated heterocycles. The highest BCUT2D eigenvalue weighted by Crippen LogP contribution is 2.60. The summed E-state index contributed by atoms with van der Waals surface area (Å²) in [6.07, 6.45) is 5.05. The van der Waals surface area contributed by atoms with Gasteiger partial charge in [0.1, 0.15) is 5.58 Å². The van der Waals surface area contributed by atoms with Crippen LogP contribution in [0.1, 0.15) is 64.5 Å². The monoisotopic (exact) mass is 523 g/mol. The van der Waals surface area contributed by atoms with Gasteiger partial charge < -0.3 is 13.9 Å². The second-order valence-corrected chi connectivity index (χ2v) is 13.1. The summed E-state index contributed by atoms with van der Waals surface area (Å²) in [5.41, 5.74) is 10.7. The predicted molar refractivity (Wildman–Crippen MR) is 164 cm³/mol. The lowest BCUT2D eigenvalue weighted by Gasteiger charge is -2.41. The fourth-order valence-electron chi connectivity index (χ4n) is 8.40. The van der Waals surface area contributed by atoms with E-state index in [9.17, 15) is 0 Å². The van der Waals surface area contributed by atoms with Gasteiger partial charge in [0.25, 0.3) is 0 Å². The minimum atomic E-state index is -0.250. The van der Waals surface area contributed by atoms with Crippen molar-refractivity contribution >= 4 is 44.6 Å². The molecule has 2 aliphatic carbocycles. The fourth-order valence-corrected chi connectivity index (χ4v) is 8.40. The molecular formula is C36H33N3O. The largest absolute Gasteiger partial charge is 0.454 e. The summed E-state index contributed by atoms with van der Waals surface area (Å²) >= 11 is 0. The third kappa shape index (κ3) is 2.44. The van der Waals surface area contributed by atoms with E-state index in [0.717, 1.165) is 39.1 Å². The Labute approximate surface area is 234 Å². The van der Waals surface area contributed by atoms with Crippen molar-refractivity contribution in [3.63, 3.8) is 0 Å². The van der Waals surface area contributed by atoms with E-state index in [1.54, 1.807) is 0 Å². The molecule has 3 heterocycles. The Balaban J connectivity index is 1.36. The highest BCUT2D eigenvalue weighted by atomic mass is 16.3. The van der Waals surface area contributed by atoms with E-state index in [1.807, 2.05) is 6.07 Å². The maximum atomic E-state index is 6.55. The van der Waals surface area contributed by atoms with Crippen LogP contribution in [0, 0.1) is 0 Å². The van der Waals surface area contributed by atoms with Gasteiger partial charge in [-0.1, -0.05) is 73.5 Å². The van der Waals surface area contributed by atoms with Crippen LogP contribution in [0.2, 0.25) is 0 Å². The number of hydrogen-bond donors (Lipinski definition) is 0. The van der Waals surface area contributed by atoms with Crippen LogP contribution in [0.25, 0.3) is 44.1 Å². The second-order valence-electron chi connectivity index (χ2n) is 13.1. The van der Waals surface area contributed by atoms with Crippen LogP contribution in [0.3, 0.4) is 0 Å². The number of aromatic nitrogens is 2. The number of hydrogen-bond acceptors (Lipinski definition) is 3. The van der Waals surface area contributed by atoms with Crippen molar-refractivity contribution < 1.29 is 4.42 Å². The Morgan fingerprint density at radius 2 is 1.48 bits per heavy atom. The zero-order chi connectivity index (χ0) is 27.0. The normalized spacial score (nSPS) is 19.6. The van der Waals surface area contributed by atoms with Crippen molar-refractivity contribution in [2.24, 2.45) is 0 Å². The molecule has 0 unspecified atom stereocenters. The summed E-state index contributed by atoms with van der Waals surface area (Å²) in [6.45, 7) is 9.39. The summed E-state index contributed by atoms with van der Waals surface area (Å²) in [6, 6.07) is 28.8. The van der Waals surface area contributed by atoms with Gasteiger partial charge in [-0.25, -0.2) is 4.98 Å². The van der Waals surface area contributed by atoms with Crippen molar-refractivity contribution in [2.75, 3.05) is 4.90 Å². The maximum Gasteiger partial charge on any atom is 0.212 e. The molecule has 0 bridgehead atoms. The van der Waals surface area contributed by atoms with Crippen LogP contribution < -0.4 is 4.90 Å². The van der Waals surface area contributed by atoms with Gasteiger partial charge in [0, 0.05) is 21.8 Å². The van der Waals surface area contributed by atoms with E-state index < -0.39 is 0 Å². The van der Waals surface area contributed by atoms with Crippen LogP contribution >= 0.6 is 0 Å². The van der Waals surface area contributed by atoms with Crippen LogP contribution in [0.5, 0.6) is 0 Å². The van der Waals surface area contributed by atoms with Gasteiger partial charge in [-0.2, -0.15) is 0 Å². The van der Waals surface area contributed by atoms with Crippen LogP contribution in [-0.4, -0.2) is 15.1 Å². The average Bonchev–Trinajstić information content (AvgIpc) is 3.74. The van der Waals surface area contributed by atoms with Crippen molar-refractivity contribution in [3.05, 3.63) is 90.0 Å². The molecule has 4 nitrogen and oxygen atoms in total. The molecule has 0 N–H and O–H groups in total. The summed E-state index contributed by atoms with van der Waals surface area (Å²) in [4.78, 5) is 8.02. The lowest BCUT2D eigenvalue weighted by Crippen LogP contribution is -2.50. The molecule has 198 valence electrons. The van der Waals surface area contributed by atoms with Gasteiger partial charge in [-0.05, 0) is 75.4 Å². The Hall–Kier alpha value is -4.05. The second kappa shape index (κ2) is 7.17. The number of fused-ring (bicyclic) bond motifs is 12. The third-order valence-corrected chi connectivity index (χ3v) is 10.9. The standard InChI is InChI=1S/C36H33N3O/c1-34(2)35(3,4)39(28-16-11-14-23-22-12-6-8-17-29(22)40-32(23)28)33-37-31-27(38(33)34)19-18-26-30(31)24-13-5-7-15-25(24)36(26)20-9-10-21-36/h5-8,11-19H,9-10,20-21H2,1-4H3. The number of anilines is 2. The number of imidazole rings is 1. The van der Waals surface area contributed by atoms with Crippen LogP contribution in [-0.2, 0) is 11.0 Å². The topological polar surface area (TPSA) is 34.2 Å². The molecule has 1 aliphatic heterocycles. The molecule has 3 aliphatic rings. The first-order valence-electron chi connectivity index (χ1n) is 14.7. The van der Waals surface area contributed by atoms with E-state index in [4.69, 9.17) is 9.40 Å². The Morgan fingerprint density at radius 1 is 0.725 bits per heavy atom. The zero-order valence-electron chi connectivity index (χ0n) is 23.6. The molecule has 9 rings (SSSR count). The molecule has 4 aromatic carbocycles. The third-order valence-electron chi connectivity index (χ3n) is 10.9. The Morgan fingerprint density at radius 3 is 2.33 bits per heavy atom. The SMILES string of the molecule is CC1(C)N(c2cccc3c2oc2ccccc23)c2nc3c4c(ccc3n2C1(C)C)C1(CCCC1)c1ccccc1-4. The maximum absolute atomic E-state index is 6.55. The molecular weight excluding hydrogens is 490 g/mol. The summed E-state index contributed by atoms with van der Waals surface area (Å²) in [7, 11) is 0. The molecule has 40 heavy (non-hydrogen) atoms. The molecule has 4 heteroatoms. The number of benzene rings is 4. The Bertz CT molecular complexity index is 2030. The van der Waals surface area contributed by atoms with E-state index >= 15 is 0 Å². The van der Waals surface area contributed by atoms with Gasteiger partial charge in [-0.3, -0.25) is 0 Å². The average molecular weight is 524 g/mol. The molecule has 6 aromatic rings. The van der Waals surface area contributed by atoms with Crippen molar-refractivity contribution in [1.82, 2.24) is 9.55 Å². The lowest BCUT2D eigenvalue weighted by atomic mass is 9.77. The molecule has 2 aromatic heterocycles. The van der Waals surface area contributed by atoms with Gasteiger partial charge in [0.2, 0.25) is 5.95 Å². The number of rotatable bonds is 1. The molecule has 1 saturated carbocycles. The highest BCUT2D eigenvalue weighted by molar-refractivity contribution is 6.10. The first-order valence-corrected chi connectivity index (χ1v) is 14.7. The van der Waals surface area contributed by atoms with Crippen molar-refractivity contribution in [2.45, 2.75) is 69.9 Å². The van der Waals surface area contributed by atoms with E-state index in [1.165, 1.54) is 53.5 Å². The summed E-state index contributed by atoms with van der Waals surface area (Å²) in [5, 5.41) is 2.30. The minimum Gasteiger partial charge on any atom is -0.454 e. The summed E-state index contributed by atoms with van der Waals surface area (Å²) in [5.74, 6) is 0.996. The van der Waals surface area contributed by atoms with E-state index in [0.29, 0.717) is 0 Å². The molecule has 1 spiro atoms. The summed E-state index contributed by atoms with van der Waals surface area (Å²) < 4.78 is 9.04. The number of nitrogens with zero attached hydrogens (tertiary/aromatic N) is 3. The lowest BCUT2D eigenvalue weighted by molar-refractivity contribution is 0.253. The molecule has 0 radical (unpaired) electrons. The van der Waals surface area contributed by atoms with Crippen LogP contribution in [0.4, 0.5) is 11.6 Å². The number of furan rings is 1. The molecule has 1 fully saturated rings. The van der Waals surface area contributed by atoms with Gasteiger partial charge >= 0.3 is 0 Å². The fraction of sp³-hybridized carbons (Fsp3) is 0.306. The van der Waals surface area contributed by atoms with E-state index in [2.05, 4.69) is 110 Å². The number of para-hydroxylation sites is 2. The van der Waals surface area contributed by atoms with Gasteiger partial charge in [0.05, 0.1) is 27.8 Å². The van der Waals surface area contributed by atoms with E-state index in [-0.39, 0.29) is 16.5 Å². The Kier molecular flexibility index (Phi) is 4.08. The molecule has 0 atom stereocenters. The first kappa shape index (κ1) is 22.7. The van der Waals surface area contributed by atoms with Gasteiger partial charge in [0.15, 0.2) is 5.58 Å². The van der Waals surface area contributed by atoms with Crippen LogP contribution in [0.15, 0.2) is 83.3 Å². The smallest absolute Gasteiger partial charge is 0.212 e.